The number of furan rings is 1. The maximum atomic E-state index is 13.2. The number of methoxy groups -OCH3 is 1. The number of anilines is 1. The molecule has 0 radical (unpaired) electrons. The number of hydrogen-bond acceptors (Lipinski definition) is 8. The van der Waals surface area contributed by atoms with Gasteiger partial charge in [0.15, 0.2) is 11.2 Å². The molecule has 0 amide bonds. The summed E-state index contributed by atoms with van der Waals surface area (Å²) in [7, 11) is -2.86. The van der Waals surface area contributed by atoms with Crippen LogP contribution in [0.15, 0.2) is 67.3 Å². The highest BCUT2D eigenvalue weighted by molar-refractivity contribution is 7.93. The number of nitrogens with zero attached hydrogens (tertiary/aromatic N) is 1. The Labute approximate surface area is 162 Å². The Morgan fingerprint density at radius 1 is 1.03 bits per heavy atom. The number of fused-ring (bicyclic) bond motifs is 2. The smallest absolute Gasteiger partial charge is 0.336 e. The first-order chi connectivity index (χ1) is 13.8. The molecule has 2 aromatic carbocycles. The van der Waals surface area contributed by atoms with E-state index in [-0.39, 0.29) is 44.0 Å². The van der Waals surface area contributed by atoms with Gasteiger partial charge >= 0.3 is 5.63 Å². The summed E-state index contributed by atoms with van der Waals surface area (Å²) in [5, 5.41) is 11.1. The number of rotatable bonds is 5. The molecule has 0 aliphatic carbocycles. The molecule has 0 spiro atoms. The predicted octanol–water partition coefficient (Wildman–Crippen LogP) is 3.26. The molecule has 29 heavy (non-hydrogen) atoms. The van der Waals surface area contributed by atoms with Crippen molar-refractivity contribution in [3.05, 3.63) is 69.3 Å². The monoisotopic (exact) mass is 416 g/mol. The van der Waals surface area contributed by atoms with Gasteiger partial charge in [0.05, 0.1) is 18.3 Å². The van der Waals surface area contributed by atoms with Gasteiger partial charge in [0.2, 0.25) is 5.75 Å². The van der Waals surface area contributed by atoms with Crippen LogP contribution in [0.2, 0.25) is 0 Å². The highest BCUT2D eigenvalue weighted by Crippen LogP contribution is 2.40. The van der Waals surface area contributed by atoms with Crippen LogP contribution in [0.5, 0.6) is 5.75 Å². The lowest BCUT2D eigenvalue weighted by Crippen LogP contribution is -2.14. The van der Waals surface area contributed by atoms with Gasteiger partial charge in [0.25, 0.3) is 15.7 Å². The second-order valence-corrected chi connectivity index (χ2v) is 7.55. The molecule has 2 aromatic heterocycles. The Kier molecular flexibility index (Phi) is 4.23. The number of sulfonamides is 1. The highest BCUT2D eigenvalue weighted by atomic mass is 32.2. The SMILES string of the molecule is COc1c2occc2c(S(=O)(=O)Nc2ccc([N+](=O)[O-])cc2)c2ccc(=O)oc12. The molecular formula is C18H12N2O8S. The fourth-order valence-corrected chi connectivity index (χ4v) is 4.46. The summed E-state index contributed by atoms with van der Waals surface area (Å²) in [5.74, 6) is 0.0898. The maximum absolute atomic E-state index is 13.2. The summed E-state index contributed by atoms with van der Waals surface area (Å²) >= 11 is 0. The van der Waals surface area contributed by atoms with Crippen LogP contribution < -0.4 is 15.1 Å². The summed E-state index contributed by atoms with van der Waals surface area (Å²) < 4.78 is 44.6. The molecule has 148 valence electrons. The normalized spacial score (nSPS) is 11.6. The molecule has 0 saturated heterocycles. The van der Waals surface area contributed by atoms with Crippen molar-refractivity contribution in [3.63, 3.8) is 0 Å². The molecule has 11 heteroatoms. The van der Waals surface area contributed by atoms with Crippen molar-refractivity contribution in [2.75, 3.05) is 11.8 Å². The van der Waals surface area contributed by atoms with Crippen molar-refractivity contribution in [2.24, 2.45) is 0 Å². The van der Waals surface area contributed by atoms with E-state index >= 15 is 0 Å². The van der Waals surface area contributed by atoms with Crippen LogP contribution in [0.4, 0.5) is 11.4 Å². The molecule has 10 nitrogen and oxygen atoms in total. The fraction of sp³-hybridized carbons (Fsp3) is 0.0556. The zero-order chi connectivity index (χ0) is 20.8. The van der Waals surface area contributed by atoms with Crippen molar-refractivity contribution in [3.8, 4) is 5.75 Å². The zero-order valence-electron chi connectivity index (χ0n) is 14.7. The topological polar surface area (TPSA) is 142 Å². The first-order valence-electron chi connectivity index (χ1n) is 8.10. The number of hydrogen-bond donors (Lipinski definition) is 1. The van der Waals surface area contributed by atoms with E-state index < -0.39 is 20.6 Å². The molecule has 0 unspecified atom stereocenters. The van der Waals surface area contributed by atoms with E-state index in [0.717, 1.165) is 6.07 Å². The standard InChI is InChI=1S/C18H12N2O8S/c1-26-17-15-13(8-9-27-15)18(12-6-7-14(21)28-16(12)17)29(24,25)19-10-2-4-11(5-3-10)20(22)23/h2-9,19H,1H3. The van der Waals surface area contributed by atoms with Gasteiger partial charge in [-0.3, -0.25) is 14.8 Å². The minimum absolute atomic E-state index is 0.0773. The Morgan fingerprint density at radius 2 is 1.72 bits per heavy atom. The van der Waals surface area contributed by atoms with E-state index in [4.69, 9.17) is 13.6 Å². The molecule has 1 N–H and O–H groups in total. The molecule has 4 rings (SSSR count). The average Bonchev–Trinajstić information content (AvgIpc) is 3.14. The number of non-ortho nitro benzene ring substituents is 1. The van der Waals surface area contributed by atoms with Crippen LogP contribution in [0.1, 0.15) is 0 Å². The molecule has 2 heterocycles. The van der Waals surface area contributed by atoms with Crippen LogP contribution in [0.3, 0.4) is 0 Å². The van der Waals surface area contributed by atoms with Crippen LogP contribution >= 0.6 is 0 Å². The van der Waals surface area contributed by atoms with Gasteiger partial charge in [-0.15, -0.1) is 0 Å². The molecule has 4 aromatic rings. The van der Waals surface area contributed by atoms with Gasteiger partial charge in [-0.1, -0.05) is 0 Å². The molecule has 0 saturated carbocycles. The number of nitro groups is 1. The van der Waals surface area contributed by atoms with E-state index in [1.54, 1.807) is 0 Å². The Bertz CT molecular complexity index is 1420. The van der Waals surface area contributed by atoms with Crippen LogP contribution in [0.25, 0.3) is 21.9 Å². The van der Waals surface area contributed by atoms with Gasteiger partial charge in [0, 0.05) is 34.7 Å². The first-order valence-corrected chi connectivity index (χ1v) is 9.58. The summed E-state index contributed by atoms with van der Waals surface area (Å²) in [6.45, 7) is 0. The van der Waals surface area contributed by atoms with E-state index in [2.05, 4.69) is 4.72 Å². The Hall–Kier alpha value is -3.86. The van der Waals surface area contributed by atoms with Crippen molar-refractivity contribution >= 4 is 43.3 Å². The lowest BCUT2D eigenvalue weighted by molar-refractivity contribution is -0.384. The third-order valence-corrected chi connectivity index (χ3v) is 5.69. The number of ether oxygens (including phenoxy) is 1. The first kappa shape index (κ1) is 18.5. The summed E-state index contributed by atoms with van der Waals surface area (Å²) in [6, 6.07) is 8.76. The molecule has 0 aliphatic heterocycles. The number of nitrogens with one attached hydrogen (secondary N) is 1. The third-order valence-electron chi connectivity index (χ3n) is 4.20. The van der Waals surface area contributed by atoms with E-state index in [1.807, 2.05) is 0 Å². The molecule has 0 atom stereocenters. The molecular weight excluding hydrogens is 404 g/mol. The van der Waals surface area contributed by atoms with Crippen molar-refractivity contribution in [2.45, 2.75) is 4.90 Å². The summed E-state index contributed by atoms with van der Waals surface area (Å²) in [5.41, 5.74) is -0.728. The number of nitro benzene ring substituents is 1. The third kappa shape index (κ3) is 3.06. The average molecular weight is 416 g/mol. The fourth-order valence-electron chi connectivity index (χ4n) is 3.01. The van der Waals surface area contributed by atoms with Crippen LogP contribution in [-0.4, -0.2) is 20.5 Å². The van der Waals surface area contributed by atoms with Gasteiger partial charge in [-0.25, -0.2) is 13.2 Å². The van der Waals surface area contributed by atoms with Crippen LogP contribution in [-0.2, 0) is 10.0 Å². The minimum atomic E-state index is -4.20. The second kappa shape index (κ2) is 6.63. The van der Waals surface area contributed by atoms with Gasteiger partial charge < -0.3 is 13.6 Å². The Morgan fingerprint density at radius 3 is 2.38 bits per heavy atom. The minimum Gasteiger partial charge on any atom is -0.490 e. The largest absolute Gasteiger partial charge is 0.490 e. The van der Waals surface area contributed by atoms with Crippen molar-refractivity contribution in [1.82, 2.24) is 0 Å². The lowest BCUT2D eigenvalue weighted by atomic mass is 10.1. The highest BCUT2D eigenvalue weighted by Gasteiger charge is 2.27. The predicted molar refractivity (Wildman–Crippen MR) is 103 cm³/mol. The van der Waals surface area contributed by atoms with Gasteiger partial charge in [-0.2, -0.15) is 0 Å². The zero-order valence-corrected chi connectivity index (χ0v) is 15.6. The number of benzene rings is 2. The van der Waals surface area contributed by atoms with Crippen molar-refractivity contribution < 1.29 is 26.9 Å². The molecule has 0 fully saturated rings. The van der Waals surface area contributed by atoms with E-state index in [0.29, 0.717) is 0 Å². The molecule has 0 aliphatic rings. The second-order valence-electron chi connectivity index (χ2n) is 5.93. The Balaban J connectivity index is 1.95. The summed E-state index contributed by atoms with van der Waals surface area (Å²) in [4.78, 5) is 21.7. The van der Waals surface area contributed by atoms with E-state index in [9.17, 15) is 23.3 Å². The van der Waals surface area contributed by atoms with Gasteiger partial charge in [-0.05, 0) is 24.3 Å². The van der Waals surface area contributed by atoms with Crippen LogP contribution in [0, 0.1) is 10.1 Å². The van der Waals surface area contributed by atoms with Crippen molar-refractivity contribution in [1.29, 1.82) is 0 Å². The summed E-state index contributed by atoms with van der Waals surface area (Å²) in [6.07, 6.45) is 1.29. The maximum Gasteiger partial charge on any atom is 0.336 e. The van der Waals surface area contributed by atoms with Gasteiger partial charge in [0.1, 0.15) is 4.90 Å². The van der Waals surface area contributed by atoms with E-state index in [1.165, 1.54) is 49.8 Å². The quantitative estimate of drug-likeness (QED) is 0.297. The molecule has 0 bridgehead atoms. The lowest BCUT2D eigenvalue weighted by Gasteiger charge is -2.13.